The third-order valence-corrected chi connectivity index (χ3v) is 2.78. The number of halogens is 3. The van der Waals surface area contributed by atoms with Gasteiger partial charge in [0.2, 0.25) is 0 Å². The predicted octanol–water partition coefficient (Wildman–Crippen LogP) is 4.22. The average Bonchev–Trinajstić information content (AvgIpc) is 2.30. The molecule has 0 aliphatic carbocycles. The molecule has 0 bridgehead atoms. The molecule has 0 radical (unpaired) electrons. The molecular weight excluding hydrogens is 308 g/mol. The molecule has 88 valence electrons. The lowest BCUT2D eigenvalue weighted by Crippen LogP contribution is -1.97. The summed E-state index contributed by atoms with van der Waals surface area (Å²) in [6.07, 6.45) is 1.58. The van der Waals surface area contributed by atoms with Crippen LogP contribution in [0.5, 0.6) is 5.75 Å². The summed E-state index contributed by atoms with van der Waals surface area (Å²) in [5.74, 6) is -0.194. The number of pyridine rings is 1. The van der Waals surface area contributed by atoms with Crippen LogP contribution < -0.4 is 4.74 Å². The Kier molecular flexibility index (Phi) is 3.97. The SMILES string of the molecule is Fc1ccc(Br)cc1OCc1ccnc(Cl)c1. The van der Waals surface area contributed by atoms with Crippen LogP contribution in [0.3, 0.4) is 0 Å². The van der Waals surface area contributed by atoms with Gasteiger partial charge in [-0.05, 0) is 35.9 Å². The quantitative estimate of drug-likeness (QED) is 0.791. The smallest absolute Gasteiger partial charge is 0.165 e. The summed E-state index contributed by atoms with van der Waals surface area (Å²) in [5.41, 5.74) is 0.837. The van der Waals surface area contributed by atoms with E-state index in [4.69, 9.17) is 16.3 Å². The van der Waals surface area contributed by atoms with Gasteiger partial charge in [-0.2, -0.15) is 0 Å². The van der Waals surface area contributed by atoms with E-state index in [9.17, 15) is 4.39 Å². The van der Waals surface area contributed by atoms with Gasteiger partial charge in [-0.3, -0.25) is 0 Å². The molecule has 1 aromatic heterocycles. The Hall–Kier alpha value is -1.13. The number of benzene rings is 1. The minimum atomic E-state index is -0.395. The molecule has 0 aliphatic rings. The number of aromatic nitrogens is 1. The van der Waals surface area contributed by atoms with Crippen molar-refractivity contribution in [3.8, 4) is 5.75 Å². The summed E-state index contributed by atoms with van der Waals surface area (Å²) in [6.45, 7) is 0.246. The van der Waals surface area contributed by atoms with Crippen molar-refractivity contribution in [2.75, 3.05) is 0 Å². The minimum absolute atomic E-state index is 0.201. The van der Waals surface area contributed by atoms with Crippen molar-refractivity contribution in [2.45, 2.75) is 6.61 Å². The molecule has 0 unspecified atom stereocenters. The maximum atomic E-state index is 13.4. The molecule has 0 fully saturated rings. The highest BCUT2D eigenvalue weighted by atomic mass is 79.9. The summed E-state index contributed by atoms with van der Waals surface area (Å²) in [6, 6.07) is 7.99. The third-order valence-electron chi connectivity index (χ3n) is 2.08. The highest BCUT2D eigenvalue weighted by Gasteiger charge is 2.04. The largest absolute Gasteiger partial charge is 0.486 e. The summed E-state index contributed by atoms with van der Waals surface area (Å²) < 4.78 is 19.5. The van der Waals surface area contributed by atoms with Gasteiger partial charge in [0.15, 0.2) is 11.6 Å². The molecule has 0 amide bonds. The number of nitrogens with zero attached hydrogens (tertiary/aromatic N) is 1. The Morgan fingerprint density at radius 3 is 2.88 bits per heavy atom. The van der Waals surface area contributed by atoms with Crippen LogP contribution in [-0.2, 0) is 6.61 Å². The Balaban J connectivity index is 2.09. The van der Waals surface area contributed by atoms with E-state index in [0.29, 0.717) is 5.15 Å². The van der Waals surface area contributed by atoms with Crippen LogP contribution in [0, 0.1) is 5.82 Å². The van der Waals surface area contributed by atoms with Gasteiger partial charge in [0, 0.05) is 10.7 Å². The highest BCUT2D eigenvalue weighted by molar-refractivity contribution is 9.10. The predicted molar refractivity (Wildman–Crippen MR) is 67.7 cm³/mol. The van der Waals surface area contributed by atoms with Gasteiger partial charge in [0.05, 0.1) is 0 Å². The number of hydrogen-bond acceptors (Lipinski definition) is 2. The molecule has 2 rings (SSSR count). The molecule has 1 aromatic carbocycles. The second-order valence-electron chi connectivity index (χ2n) is 3.35. The van der Waals surface area contributed by atoms with Crippen molar-refractivity contribution in [3.63, 3.8) is 0 Å². The molecule has 17 heavy (non-hydrogen) atoms. The van der Waals surface area contributed by atoms with E-state index in [0.717, 1.165) is 10.0 Å². The minimum Gasteiger partial charge on any atom is -0.486 e. The lowest BCUT2D eigenvalue weighted by molar-refractivity contribution is 0.290. The standard InChI is InChI=1S/C12H8BrClFNO/c13-9-1-2-10(15)11(6-9)17-7-8-3-4-16-12(14)5-8/h1-6H,7H2. The Morgan fingerprint density at radius 2 is 2.12 bits per heavy atom. The molecule has 0 N–H and O–H groups in total. The zero-order valence-electron chi connectivity index (χ0n) is 8.66. The molecule has 2 nitrogen and oxygen atoms in total. The molecule has 5 heteroatoms. The molecule has 0 spiro atoms. The first-order valence-corrected chi connectivity index (χ1v) is 6.00. The monoisotopic (exact) mass is 315 g/mol. The third kappa shape index (κ3) is 3.41. The van der Waals surface area contributed by atoms with Crippen LogP contribution in [0.15, 0.2) is 41.0 Å². The number of hydrogen-bond donors (Lipinski definition) is 0. The molecule has 0 aliphatic heterocycles. The summed E-state index contributed by atoms with van der Waals surface area (Å²) in [4.78, 5) is 3.85. The van der Waals surface area contributed by atoms with E-state index in [2.05, 4.69) is 20.9 Å². The fourth-order valence-electron chi connectivity index (χ4n) is 1.28. The van der Waals surface area contributed by atoms with E-state index in [1.54, 1.807) is 30.5 Å². The summed E-state index contributed by atoms with van der Waals surface area (Å²) >= 11 is 8.99. The normalized spacial score (nSPS) is 10.3. The maximum absolute atomic E-state index is 13.4. The van der Waals surface area contributed by atoms with Gasteiger partial charge in [-0.1, -0.05) is 27.5 Å². The second-order valence-corrected chi connectivity index (χ2v) is 4.65. The van der Waals surface area contributed by atoms with Crippen LogP contribution in [0.25, 0.3) is 0 Å². The summed E-state index contributed by atoms with van der Waals surface area (Å²) in [7, 11) is 0. The molecule has 0 saturated heterocycles. The van der Waals surface area contributed by atoms with Crippen LogP contribution in [-0.4, -0.2) is 4.98 Å². The lowest BCUT2D eigenvalue weighted by atomic mass is 10.3. The van der Waals surface area contributed by atoms with Crippen LogP contribution >= 0.6 is 27.5 Å². The van der Waals surface area contributed by atoms with Gasteiger partial charge in [-0.25, -0.2) is 9.37 Å². The first-order chi connectivity index (χ1) is 8.15. The molecule has 1 heterocycles. The van der Waals surface area contributed by atoms with Crippen molar-refractivity contribution in [2.24, 2.45) is 0 Å². The summed E-state index contributed by atoms with van der Waals surface area (Å²) in [5, 5.41) is 0.390. The maximum Gasteiger partial charge on any atom is 0.165 e. The fraction of sp³-hybridized carbons (Fsp3) is 0.0833. The van der Waals surface area contributed by atoms with Gasteiger partial charge in [0.25, 0.3) is 0 Å². The van der Waals surface area contributed by atoms with E-state index < -0.39 is 5.82 Å². The number of ether oxygens (including phenoxy) is 1. The highest BCUT2D eigenvalue weighted by Crippen LogP contribution is 2.23. The zero-order chi connectivity index (χ0) is 12.3. The van der Waals surface area contributed by atoms with E-state index in [-0.39, 0.29) is 12.4 Å². The van der Waals surface area contributed by atoms with Crippen LogP contribution in [0.4, 0.5) is 4.39 Å². The van der Waals surface area contributed by atoms with Gasteiger partial charge in [0.1, 0.15) is 11.8 Å². The van der Waals surface area contributed by atoms with E-state index in [1.807, 2.05) is 0 Å². The van der Waals surface area contributed by atoms with E-state index in [1.165, 1.54) is 6.07 Å². The second kappa shape index (κ2) is 5.47. The van der Waals surface area contributed by atoms with E-state index >= 15 is 0 Å². The van der Waals surface area contributed by atoms with Crippen LogP contribution in [0.2, 0.25) is 5.15 Å². The van der Waals surface area contributed by atoms with Gasteiger partial charge < -0.3 is 4.74 Å². The average molecular weight is 317 g/mol. The van der Waals surface area contributed by atoms with Crippen molar-refractivity contribution in [1.29, 1.82) is 0 Å². The Morgan fingerprint density at radius 1 is 1.29 bits per heavy atom. The van der Waals surface area contributed by atoms with Gasteiger partial charge >= 0.3 is 0 Å². The molecule has 2 aromatic rings. The topological polar surface area (TPSA) is 22.1 Å². The van der Waals surface area contributed by atoms with Crippen molar-refractivity contribution < 1.29 is 9.13 Å². The van der Waals surface area contributed by atoms with Crippen molar-refractivity contribution >= 4 is 27.5 Å². The van der Waals surface area contributed by atoms with Gasteiger partial charge in [-0.15, -0.1) is 0 Å². The zero-order valence-corrected chi connectivity index (χ0v) is 11.0. The van der Waals surface area contributed by atoms with Crippen molar-refractivity contribution in [1.82, 2.24) is 4.98 Å². The lowest BCUT2D eigenvalue weighted by Gasteiger charge is -2.07. The molecule has 0 saturated carbocycles. The first kappa shape index (κ1) is 12.3. The Bertz CT molecular complexity index is 536. The Labute approximate surface area is 112 Å². The first-order valence-electron chi connectivity index (χ1n) is 4.83. The fourth-order valence-corrected chi connectivity index (χ4v) is 1.82. The van der Waals surface area contributed by atoms with Crippen LogP contribution in [0.1, 0.15) is 5.56 Å². The van der Waals surface area contributed by atoms with Crippen molar-refractivity contribution in [3.05, 3.63) is 57.5 Å². The molecule has 0 atom stereocenters. The number of rotatable bonds is 3. The molecular formula is C12H8BrClFNO.